The van der Waals surface area contributed by atoms with E-state index in [2.05, 4.69) is 35.6 Å². The number of pyridine rings is 1. The Hall–Kier alpha value is -2.33. The van der Waals surface area contributed by atoms with Crippen LogP contribution in [0.3, 0.4) is 0 Å². The standard InChI is InChI=1S/C18H21N3O/c1-12-8-9-21-17(10-12)20-16(18(21)13(2)19)11-14-4-6-15(22-3)7-5-14/h4-10,13H,11,19H2,1-3H3. The van der Waals surface area contributed by atoms with E-state index in [0.29, 0.717) is 0 Å². The van der Waals surface area contributed by atoms with Crippen molar-refractivity contribution in [1.82, 2.24) is 9.38 Å². The third-order valence-electron chi connectivity index (χ3n) is 3.86. The van der Waals surface area contributed by atoms with Crippen LogP contribution in [0.25, 0.3) is 5.65 Å². The molecule has 0 aliphatic heterocycles. The average molecular weight is 295 g/mol. The van der Waals surface area contributed by atoms with Crippen molar-refractivity contribution in [3.05, 3.63) is 65.1 Å². The molecule has 3 rings (SSSR count). The lowest BCUT2D eigenvalue weighted by molar-refractivity contribution is 0.414. The van der Waals surface area contributed by atoms with Crippen molar-refractivity contribution >= 4 is 5.65 Å². The summed E-state index contributed by atoms with van der Waals surface area (Å²) >= 11 is 0. The maximum atomic E-state index is 6.18. The van der Waals surface area contributed by atoms with Crippen LogP contribution in [0.4, 0.5) is 0 Å². The van der Waals surface area contributed by atoms with E-state index < -0.39 is 0 Å². The Kier molecular flexibility index (Phi) is 3.86. The van der Waals surface area contributed by atoms with Gasteiger partial charge >= 0.3 is 0 Å². The zero-order valence-electron chi connectivity index (χ0n) is 13.2. The second-order valence-electron chi connectivity index (χ2n) is 5.69. The molecule has 0 fully saturated rings. The molecule has 0 amide bonds. The van der Waals surface area contributed by atoms with Crippen molar-refractivity contribution in [2.45, 2.75) is 26.3 Å². The first-order valence-electron chi connectivity index (χ1n) is 7.44. The lowest BCUT2D eigenvalue weighted by atomic mass is 10.1. The molecule has 4 nitrogen and oxygen atoms in total. The Morgan fingerprint density at radius 3 is 2.59 bits per heavy atom. The molecule has 0 bridgehead atoms. The van der Waals surface area contributed by atoms with Crippen molar-refractivity contribution in [1.29, 1.82) is 0 Å². The summed E-state index contributed by atoms with van der Waals surface area (Å²) in [6.45, 7) is 4.07. The molecular formula is C18H21N3O. The minimum absolute atomic E-state index is 0.0639. The first-order valence-corrected chi connectivity index (χ1v) is 7.44. The number of benzene rings is 1. The molecule has 4 heteroatoms. The molecule has 114 valence electrons. The Balaban J connectivity index is 2.03. The maximum Gasteiger partial charge on any atom is 0.137 e. The molecule has 2 heterocycles. The SMILES string of the molecule is COc1ccc(Cc2nc3cc(C)ccn3c2C(C)N)cc1. The van der Waals surface area contributed by atoms with Gasteiger partial charge < -0.3 is 14.9 Å². The topological polar surface area (TPSA) is 52.5 Å². The van der Waals surface area contributed by atoms with Crippen LogP contribution in [-0.2, 0) is 6.42 Å². The van der Waals surface area contributed by atoms with Crippen molar-refractivity contribution in [2.75, 3.05) is 7.11 Å². The van der Waals surface area contributed by atoms with Crippen LogP contribution in [0, 0.1) is 6.92 Å². The fourth-order valence-electron chi connectivity index (χ4n) is 2.76. The van der Waals surface area contributed by atoms with E-state index in [4.69, 9.17) is 15.5 Å². The van der Waals surface area contributed by atoms with E-state index >= 15 is 0 Å². The van der Waals surface area contributed by atoms with Gasteiger partial charge in [0.05, 0.1) is 18.5 Å². The fourth-order valence-corrected chi connectivity index (χ4v) is 2.76. The van der Waals surface area contributed by atoms with Crippen LogP contribution < -0.4 is 10.5 Å². The summed E-state index contributed by atoms with van der Waals surface area (Å²) in [5.74, 6) is 0.863. The monoisotopic (exact) mass is 295 g/mol. The highest BCUT2D eigenvalue weighted by molar-refractivity contribution is 5.47. The number of nitrogens with two attached hydrogens (primary N) is 1. The largest absolute Gasteiger partial charge is 0.497 e. The molecule has 0 spiro atoms. The number of aromatic nitrogens is 2. The Morgan fingerprint density at radius 2 is 1.95 bits per heavy atom. The molecule has 1 unspecified atom stereocenters. The normalized spacial score (nSPS) is 12.5. The molecule has 0 saturated heterocycles. The summed E-state index contributed by atoms with van der Waals surface area (Å²) in [6, 6.07) is 12.2. The molecule has 0 radical (unpaired) electrons. The van der Waals surface area contributed by atoms with Gasteiger partial charge in [0.15, 0.2) is 0 Å². The number of nitrogens with zero attached hydrogens (tertiary/aromatic N) is 2. The summed E-state index contributed by atoms with van der Waals surface area (Å²) in [4.78, 5) is 4.78. The first-order chi connectivity index (χ1) is 10.6. The predicted molar refractivity (Wildman–Crippen MR) is 88.3 cm³/mol. The van der Waals surface area contributed by atoms with Crippen LogP contribution in [0.5, 0.6) is 5.75 Å². The van der Waals surface area contributed by atoms with Crippen molar-refractivity contribution in [3.8, 4) is 5.75 Å². The number of fused-ring (bicyclic) bond motifs is 1. The third-order valence-corrected chi connectivity index (χ3v) is 3.86. The number of methoxy groups -OCH3 is 1. The first kappa shape index (κ1) is 14.6. The highest BCUT2D eigenvalue weighted by Crippen LogP contribution is 2.22. The highest BCUT2D eigenvalue weighted by atomic mass is 16.5. The molecule has 0 aliphatic carbocycles. The van der Waals surface area contributed by atoms with Crippen LogP contribution in [0.1, 0.15) is 35.5 Å². The molecule has 0 aliphatic rings. The number of hydrogen-bond donors (Lipinski definition) is 1. The summed E-state index contributed by atoms with van der Waals surface area (Å²) in [6.07, 6.45) is 2.81. The van der Waals surface area contributed by atoms with E-state index in [1.807, 2.05) is 25.3 Å². The summed E-state index contributed by atoms with van der Waals surface area (Å²) in [5, 5.41) is 0. The van der Waals surface area contributed by atoms with Gasteiger partial charge in [0, 0.05) is 18.7 Å². The highest BCUT2D eigenvalue weighted by Gasteiger charge is 2.16. The van der Waals surface area contributed by atoms with E-state index in [0.717, 1.165) is 29.2 Å². The van der Waals surface area contributed by atoms with E-state index in [1.54, 1.807) is 7.11 Å². The minimum Gasteiger partial charge on any atom is -0.497 e. The molecular weight excluding hydrogens is 274 g/mol. The molecule has 2 N–H and O–H groups in total. The van der Waals surface area contributed by atoms with Crippen LogP contribution >= 0.6 is 0 Å². The second kappa shape index (κ2) is 5.81. The van der Waals surface area contributed by atoms with Gasteiger partial charge in [0.2, 0.25) is 0 Å². The molecule has 1 atom stereocenters. The summed E-state index contributed by atoms with van der Waals surface area (Å²) in [5.41, 5.74) is 11.6. The lowest BCUT2D eigenvalue weighted by Gasteiger charge is -2.09. The van der Waals surface area contributed by atoms with Gasteiger partial charge in [-0.2, -0.15) is 0 Å². The van der Waals surface area contributed by atoms with Crippen molar-refractivity contribution in [3.63, 3.8) is 0 Å². The Labute approximate surface area is 130 Å². The second-order valence-corrected chi connectivity index (χ2v) is 5.69. The zero-order chi connectivity index (χ0) is 15.7. The van der Waals surface area contributed by atoms with Gasteiger partial charge in [-0.05, 0) is 49.2 Å². The number of rotatable bonds is 4. The van der Waals surface area contributed by atoms with E-state index in [-0.39, 0.29) is 6.04 Å². The zero-order valence-corrected chi connectivity index (χ0v) is 13.2. The Bertz CT molecular complexity index is 788. The van der Waals surface area contributed by atoms with Gasteiger partial charge in [0.25, 0.3) is 0 Å². The van der Waals surface area contributed by atoms with Gasteiger partial charge in [-0.3, -0.25) is 0 Å². The summed E-state index contributed by atoms with van der Waals surface area (Å²) < 4.78 is 7.30. The quantitative estimate of drug-likeness (QED) is 0.803. The van der Waals surface area contributed by atoms with Gasteiger partial charge in [-0.25, -0.2) is 4.98 Å². The molecule has 22 heavy (non-hydrogen) atoms. The predicted octanol–water partition coefficient (Wildman–Crippen LogP) is 3.26. The van der Waals surface area contributed by atoms with Gasteiger partial charge in [0.1, 0.15) is 11.4 Å². The van der Waals surface area contributed by atoms with Crippen LogP contribution in [-0.4, -0.2) is 16.5 Å². The molecule has 3 aromatic rings. The Morgan fingerprint density at radius 1 is 1.23 bits per heavy atom. The molecule has 2 aromatic heterocycles. The van der Waals surface area contributed by atoms with Crippen LogP contribution in [0.15, 0.2) is 42.6 Å². The van der Waals surface area contributed by atoms with Crippen LogP contribution in [0.2, 0.25) is 0 Å². The maximum absolute atomic E-state index is 6.18. The summed E-state index contributed by atoms with van der Waals surface area (Å²) in [7, 11) is 1.67. The number of hydrogen-bond acceptors (Lipinski definition) is 3. The van der Waals surface area contributed by atoms with Crippen molar-refractivity contribution < 1.29 is 4.74 Å². The van der Waals surface area contributed by atoms with Crippen molar-refractivity contribution in [2.24, 2.45) is 5.73 Å². The average Bonchev–Trinajstić information content (AvgIpc) is 2.85. The molecule has 0 saturated carbocycles. The van der Waals surface area contributed by atoms with E-state index in [9.17, 15) is 0 Å². The minimum atomic E-state index is -0.0639. The lowest BCUT2D eigenvalue weighted by Crippen LogP contribution is -2.11. The van der Waals surface area contributed by atoms with Gasteiger partial charge in [-0.1, -0.05) is 12.1 Å². The third kappa shape index (κ3) is 2.70. The molecule has 1 aromatic carbocycles. The fraction of sp³-hybridized carbons (Fsp3) is 0.278. The number of imidazole rings is 1. The van der Waals surface area contributed by atoms with E-state index in [1.165, 1.54) is 11.1 Å². The number of ether oxygens (including phenoxy) is 1. The van der Waals surface area contributed by atoms with Gasteiger partial charge in [-0.15, -0.1) is 0 Å². The smallest absolute Gasteiger partial charge is 0.137 e. The number of aryl methyl sites for hydroxylation is 1.